The number of anilines is 1. The number of rotatable bonds is 2. The molecule has 1 aliphatic heterocycles. The monoisotopic (exact) mass is 222 g/mol. The van der Waals surface area contributed by atoms with Crippen LogP contribution in [0.25, 0.3) is 0 Å². The minimum Gasteiger partial charge on any atom is -0.357 e. The molecule has 0 spiro atoms. The molecule has 16 heavy (non-hydrogen) atoms. The average molecular weight is 222 g/mol. The summed E-state index contributed by atoms with van der Waals surface area (Å²) in [5, 5.41) is 4.47. The maximum Gasteiger partial charge on any atom is 0.131 e. The Hall–Kier alpha value is -1.03. The van der Waals surface area contributed by atoms with Gasteiger partial charge >= 0.3 is 0 Å². The highest BCUT2D eigenvalue weighted by atomic mass is 15.4. The number of piperidine rings is 1. The number of hydrogen-bond acceptors (Lipinski definition) is 3. The summed E-state index contributed by atoms with van der Waals surface area (Å²) in [6.07, 6.45) is 2.54. The van der Waals surface area contributed by atoms with E-state index in [-0.39, 0.29) is 0 Å². The van der Waals surface area contributed by atoms with Crippen molar-refractivity contribution in [2.45, 2.75) is 33.2 Å². The fourth-order valence-electron chi connectivity index (χ4n) is 2.54. The van der Waals surface area contributed by atoms with E-state index < -0.39 is 0 Å². The Morgan fingerprint density at radius 3 is 2.56 bits per heavy atom. The quantitative estimate of drug-likeness (QED) is 0.823. The topological polar surface area (TPSA) is 47.1 Å². The lowest BCUT2D eigenvalue weighted by molar-refractivity contribution is 0.432. The molecular weight excluding hydrogens is 200 g/mol. The standard InChI is InChI=1S/C12H22N4/c1-9-4-6-16(7-5-9)12-11(8-13)10(2)14-15(12)3/h9H,4-8,13H2,1-3H3. The van der Waals surface area contributed by atoms with E-state index in [1.165, 1.54) is 24.2 Å². The van der Waals surface area contributed by atoms with Crippen LogP contribution in [0, 0.1) is 12.8 Å². The van der Waals surface area contributed by atoms with E-state index in [0.717, 1.165) is 24.7 Å². The summed E-state index contributed by atoms with van der Waals surface area (Å²) >= 11 is 0. The first-order chi connectivity index (χ1) is 7.63. The molecule has 90 valence electrons. The van der Waals surface area contributed by atoms with Crippen LogP contribution in [0.3, 0.4) is 0 Å². The molecule has 1 aromatic rings. The van der Waals surface area contributed by atoms with Crippen molar-refractivity contribution < 1.29 is 0 Å². The van der Waals surface area contributed by atoms with Crippen molar-refractivity contribution in [2.75, 3.05) is 18.0 Å². The summed E-state index contributed by atoms with van der Waals surface area (Å²) in [6, 6.07) is 0. The van der Waals surface area contributed by atoms with Crippen LogP contribution in [0.1, 0.15) is 31.0 Å². The van der Waals surface area contributed by atoms with E-state index >= 15 is 0 Å². The van der Waals surface area contributed by atoms with Gasteiger partial charge in [0.05, 0.1) is 5.69 Å². The SMILES string of the molecule is Cc1nn(C)c(N2CCC(C)CC2)c1CN. The molecule has 2 rings (SSSR count). The molecule has 0 unspecified atom stereocenters. The summed E-state index contributed by atoms with van der Waals surface area (Å²) in [5.74, 6) is 2.08. The third-order valence-corrected chi connectivity index (χ3v) is 3.60. The molecule has 0 bridgehead atoms. The van der Waals surface area contributed by atoms with Gasteiger partial charge in [0.15, 0.2) is 0 Å². The minimum atomic E-state index is 0.584. The van der Waals surface area contributed by atoms with Crippen molar-refractivity contribution >= 4 is 5.82 Å². The smallest absolute Gasteiger partial charge is 0.131 e. The molecule has 0 atom stereocenters. The Morgan fingerprint density at radius 2 is 2.00 bits per heavy atom. The second-order valence-corrected chi connectivity index (χ2v) is 4.88. The predicted molar refractivity (Wildman–Crippen MR) is 66.4 cm³/mol. The van der Waals surface area contributed by atoms with Crippen molar-refractivity contribution in [3.05, 3.63) is 11.3 Å². The van der Waals surface area contributed by atoms with E-state index in [1.807, 2.05) is 18.7 Å². The highest BCUT2D eigenvalue weighted by Gasteiger charge is 2.22. The molecule has 0 amide bonds. The first kappa shape index (κ1) is 11.5. The molecule has 1 saturated heterocycles. The van der Waals surface area contributed by atoms with Gasteiger partial charge in [-0.05, 0) is 25.7 Å². The van der Waals surface area contributed by atoms with Gasteiger partial charge in [0.25, 0.3) is 0 Å². The Morgan fingerprint density at radius 1 is 1.38 bits per heavy atom. The fourth-order valence-corrected chi connectivity index (χ4v) is 2.54. The molecule has 1 aromatic heterocycles. The highest BCUT2D eigenvalue weighted by Crippen LogP contribution is 2.27. The van der Waals surface area contributed by atoms with Gasteiger partial charge in [-0.15, -0.1) is 0 Å². The molecule has 0 radical (unpaired) electrons. The first-order valence-corrected chi connectivity index (χ1v) is 6.11. The van der Waals surface area contributed by atoms with Crippen LogP contribution in [0.15, 0.2) is 0 Å². The van der Waals surface area contributed by atoms with Gasteiger partial charge in [-0.25, -0.2) is 0 Å². The minimum absolute atomic E-state index is 0.584. The molecule has 4 heteroatoms. The van der Waals surface area contributed by atoms with Crippen LogP contribution >= 0.6 is 0 Å². The zero-order valence-corrected chi connectivity index (χ0v) is 10.5. The lowest BCUT2D eigenvalue weighted by Gasteiger charge is -2.32. The molecule has 4 nitrogen and oxygen atoms in total. The van der Waals surface area contributed by atoms with E-state index in [0.29, 0.717) is 6.54 Å². The molecule has 0 saturated carbocycles. The summed E-state index contributed by atoms with van der Waals surface area (Å²) in [7, 11) is 2.01. The molecule has 0 aliphatic carbocycles. The summed E-state index contributed by atoms with van der Waals surface area (Å²) in [5.41, 5.74) is 8.09. The van der Waals surface area contributed by atoms with Gasteiger partial charge in [-0.3, -0.25) is 4.68 Å². The maximum absolute atomic E-state index is 5.82. The third kappa shape index (κ3) is 1.94. The lowest BCUT2D eigenvalue weighted by atomic mass is 9.99. The van der Waals surface area contributed by atoms with Gasteiger partial charge in [0, 0.05) is 32.2 Å². The molecular formula is C12H22N4. The number of aromatic nitrogens is 2. The first-order valence-electron chi connectivity index (χ1n) is 6.11. The Bertz CT molecular complexity index is 361. The number of aryl methyl sites for hydroxylation is 2. The van der Waals surface area contributed by atoms with Gasteiger partial charge < -0.3 is 10.6 Å². The maximum atomic E-state index is 5.82. The summed E-state index contributed by atoms with van der Waals surface area (Å²) in [4.78, 5) is 2.43. The van der Waals surface area contributed by atoms with Crippen molar-refractivity contribution in [3.8, 4) is 0 Å². The van der Waals surface area contributed by atoms with Crippen molar-refractivity contribution in [1.82, 2.24) is 9.78 Å². The molecule has 1 fully saturated rings. The Labute approximate surface area is 97.4 Å². The van der Waals surface area contributed by atoms with Crippen LogP contribution in [-0.4, -0.2) is 22.9 Å². The van der Waals surface area contributed by atoms with Crippen LogP contribution in [0.2, 0.25) is 0 Å². The number of nitrogens with zero attached hydrogens (tertiary/aromatic N) is 3. The Balaban J connectivity index is 2.25. The zero-order valence-electron chi connectivity index (χ0n) is 10.5. The molecule has 1 aliphatic rings. The molecule has 2 heterocycles. The van der Waals surface area contributed by atoms with E-state index in [9.17, 15) is 0 Å². The second-order valence-electron chi connectivity index (χ2n) is 4.88. The largest absolute Gasteiger partial charge is 0.357 e. The Kier molecular flexibility index (Phi) is 3.19. The van der Waals surface area contributed by atoms with Gasteiger partial charge in [0.1, 0.15) is 5.82 Å². The van der Waals surface area contributed by atoms with Gasteiger partial charge in [0.2, 0.25) is 0 Å². The van der Waals surface area contributed by atoms with Crippen LogP contribution in [0.5, 0.6) is 0 Å². The number of hydrogen-bond donors (Lipinski definition) is 1. The average Bonchev–Trinajstić information content (AvgIpc) is 2.54. The highest BCUT2D eigenvalue weighted by molar-refractivity contribution is 5.50. The molecule has 0 aromatic carbocycles. The zero-order chi connectivity index (χ0) is 11.7. The normalized spacial score (nSPS) is 18.1. The lowest BCUT2D eigenvalue weighted by Crippen LogP contribution is -2.34. The summed E-state index contributed by atoms with van der Waals surface area (Å²) < 4.78 is 1.98. The van der Waals surface area contributed by atoms with E-state index in [1.54, 1.807) is 0 Å². The van der Waals surface area contributed by atoms with Crippen molar-refractivity contribution in [1.29, 1.82) is 0 Å². The van der Waals surface area contributed by atoms with Gasteiger partial charge in [-0.2, -0.15) is 5.10 Å². The van der Waals surface area contributed by atoms with E-state index in [2.05, 4.69) is 16.9 Å². The fraction of sp³-hybridized carbons (Fsp3) is 0.750. The predicted octanol–water partition coefficient (Wildman–Crippen LogP) is 1.42. The second kappa shape index (κ2) is 4.45. The third-order valence-electron chi connectivity index (χ3n) is 3.60. The number of nitrogens with two attached hydrogens (primary N) is 1. The molecule has 2 N–H and O–H groups in total. The van der Waals surface area contributed by atoms with Crippen molar-refractivity contribution in [3.63, 3.8) is 0 Å². The van der Waals surface area contributed by atoms with Crippen molar-refractivity contribution in [2.24, 2.45) is 18.7 Å². The van der Waals surface area contributed by atoms with Crippen LogP contribution < -0.4 is 10.6 Å². The summed E-state index contributed by atoms with van der Waals surface area (Å²) in [6.45, 7) is 7.22. The van der Waals surface area contributed by atoms with Crippen LogP contribution in [0.4, 0.5) is 5.82 Å². The van der Waals surface area contributed by atoms with Crippen LogP contribution in [-0.2, 0) is 13.6 Å². The van der Waals surface area contributed by atoms with Gasteiger partial charge in [-0.1, -0.05) is 6.92 Å². The van der Waals surface area contributed by atoms with E-state index in [4.69, 9.17) is 5.73 Å².